The van der Waals surface area contributed by atoms with Gasteiger partial charge in [-0.1, -0.05) is 22.9 Å². The average Bonchev–Trinajstić information content (AvgIpc) is 3.42. The number of nitrogens with zero attached hydrogens (tertiary/aromatic N) is 4. The lowest BCUT2D eigenvalue weighted by atomic mass is 10.2. The maximum absolute atomic E-state index is 12.6. The first-order valence-corrected chi connectivity index (χ1v) is 9.03. The molecule has 28 heavy (non-hydrogen) atoms. The van der Waals surface area contributed by atoms with Gasteiger partial charge in [0, 0.05) is 11.1 Å². The third kappa shape index (κ3) is 3.64. The minimum atomic E-state index is -2.75. The molecule has 1 N–H and O–H groups in total. The number of hydrogen-bond acceptors (Lipinski definition) is 6. The van der Waals surface area contributed by atoms with Gasteiger partial charge in [0.15, 0.2) is 16.5 Å². The van der Waals surface area contributed by atoms with E-state index in [1.54, 1.807) is 36.4 Å². The molecule has 3 aromatic heterocycles. The molecule has 4 rings (SSSR count). The van der Waals surface area contributed by atoms with Crippen molar-refractivity contribution in [2.45, 2.75) is 6.43 Å². The first-order valence-electron chi connectivity index (χ1n) is 7.84. The van der Waals surface area contributed by atoms with Crippen molar-refractivity contribution in [1.82, 2.24) is 20.0 Å². The van der Waals surface area contributed by atoms with Crippen LogP contribution in [0.3, 0.4) is 0 Å². The van der Waals surface area contributed by atoms with Gasteiger partial charge in [-0.15, -0.1) is 10.2 Å². The molecule has 0 aliphatic carbocycles. The van der Waals surface area contributed by atoms with Crippen LogP contribution >= 0.6 is 22.9 Å². The van der Waals surface area contributed by atoms with E-state index in [9.17, 15) is 13.6 Å². The van der Waals surface area contributed by atoms with Crippen LogP contribution in [-0.2, 0) is 0 Å². The van der Waals surface area contributed by atoms with E-state index in [0.717, 1.165) is 0 Å². The minimum Gasteiger partial charge on any atom is -0.463 e. The molecule has 0 aliphatic rings. The van der Waals surface area contributed by atoms with E-state index < -0.39 is 17.3 Å². The number of furan rings is 1. The molecular weight excluding hydrogens is 412 g/mol. The van der Waals surface area contributed by atoms with Crippen molar-refractivity contribution < 1.29 is 18.0 Å². The smallest absolute Gasteiger partial charge is 0.291 e. The van der Waals surface area contributed by atoms with Crippen molar-refractivity contribution in [2.75, 3.05) is 5.32 Å². The van der Waals surface area contributed by atoms with Gasteiger partial charge in [0.05, 0.1) is 12.0 Å². The van der Waals surface area contributed by atoms with Crippen LogP contribution < -0.4 is 5.32 Å². The van der Waals surface area contributed by atoms with Crippen LogP contribution in [0.25, 0.3) is 17.1 Å². The molecule has 7 nitrogen and oxygen atoms in total. The summed E-state index contributed by atoms with van der Waals surface area (Å²) in [6.45, 7) is 0. The van der Waals surface area contributed by atoms with E-state index in [2.05, 4.69) is 20.6 Å². The Morgan fingerprint density at radius 2 is 2.00 bits per heavy atom. The molecule has 142 valence electrons. The van der Waals surface area contributed by atoms with Gasteiger partial charge < -0.3 is 4.42 Å². The summed E-state index contributed by atoms with van der Waals surface area (Å²) < 4.78 is 32.2. The Bertz CT molecular complexity index is 1110. The lowest BCUT2D eigenvalue weighted by Crippen LogP contribution is -2.13. The number of alkyl halides is 2. The van der Waals surface area contributed by atoms with Crippen LogP contribution in [0, 0.1) is 0 Å². The van der Waals surface area contributed by atoms with E-state index in [0.29, 0.717) is 33.5 Å². The summed E-state index contributed by atoms with van der Waals surface area (Å²) in [5, 5.41) is 13.7. The third-order valence-electron chi connectivity index (χ3n) is 3.63. The van der Waals surface area contributed by atoms with Crippen LogP contribution in [0.5, 0.6) is 0 Å². The molecule has 0 aliphatic heterocycles. The highest BCUT2D eigenvalue weighted by Crippen LogP contribution is 2.27. The lowest BCUT2D eigenvalue weighted by molar-refractivity contribution is 0.102. The number of hydrogen-bond donors (Lipinski definition) is 1. The topological polar surface area (TPSA) is 85.8 Å². The summed E-state index contributed by atoms with van der Waals surface area (Å²) in [5.41, 5.74) is 1.24. The zero-order chi connectivity index (χ0) is 19.7. The number of carbonyl (C=O) groups is 1. The van der Waals surface area contributed by atoms with Crippen LogP contribution in [0.1, 0.15) is 21.9 Å². The fraction of sp³-hybridized carbons (Fsp3) is 0.0588. The van der Waals surface area contributed by atoms with Crippen molar-refractivity contribution >= 4 is 34.0 Å². The molecule has 0 fully saturated rings. The number of nitrogens with one attached hydrogen (secondary N) is 1. The number of amides is 1. The van der Waals surface area contributed by atoms with Crippen molar-refractivity contribution in [3.63, 3.8) is 0 Å². The Morgan fingerprint density at radius 1 is 1.21 bits per heavy atom. The van der Waals surface area contributed by atoms with Gasteiger partial charge in [-0.05, 0) is 36.4 Å². The fourth-order valence-corrected chi connectivity index (χ4v) is 3.13. The lowest BCUT2D eigenvalue weighted by Gasteiger charge is -2.05. The maximum atomic E-state index is 12.6. The molecule has 1 amide bonds. The summed E-state index contributed by atoms with van der Waals surface area (Å²) in [5.74, 6) is -0.116. The molecule has 0 unspecified atom stereocenters. The number of aromatic nitrogens is 4. The summed E-state index contributed by atoms with van der Waals surface area (Å²) >= 11 is 6.53. The highest BCUT2D eigenvalue weighted by atomic mass is 35.5. The van der Waals surface area contributed by atoms with Crippen LogP contribution in [-0.4, -0.2) is 25.9 Å². The Balaban J connectivity index is 1.68. The molecule has 3 heterocycles. The fourth-order valence-electron chi connectivity index (χ4n) is 2.41. The molecule has 0 radical (unpaired) electrons. The number of anilines is 1. The van der Waals surface area contributed by atoms with Crippen LogP contribution in [0.4, 0.5) is 13.9 Å². The molecule has 11 heteroatoms. The molecule has 4 aromatic rings. The largest absolute Gasteiger partial charge is 0.463 e. The number of carbonyl (C=O) groups excluding carboxylic acids is 1. The Morgan fingerprint density at radius 3 is 2.64 bits per heavy atom. The monoisotopic (exact) mass is 421 g/mol. The SMILES string of the molecule is O=C(Nc1nnc(C(F)F)s1)c1cc(-c2ccco2)n(-c2ccc(Cl)cc2)n1. The highest BCUT2D eigenvalue weighted by Gasteiger charge is 2.20. The predicted octanol–water partition coefficient (Wildman–Crippen LogP) is 4.83. The molecule has 1 aromatic carbocycles. The van der Waals surface area contributed by atoms with Gasteiger partial charge >= 0.3 is 0 Å². The Labute approximate surface area is 165 Å². The predicted molar refractivity (Wildman–Crippen MR) is 99.1 cm³/mol. The zero-order valence-corrected chi connectivity index (χ0v) is 15.4. The molecule has 0 saturated carbocycles. The van der Waals surface area contributed by atoms with Crippen LogP contribution in [0.15, 0.2) is 53.1 Å². The normalized spacial score (nSPS) is 11.1. The van der Waals surface area contributed by atoms with Gasteiger partial charge in [0.25, 0.3) is 12.3 Å². The summed E-state index contributed by atoms with van der Waals surface area (Å²) in [4.78, 5) is 12.5. The minimum absolute atomic E-state index is 0.0408. The van der Waals surface area contributed by atoms with Gasteiger partial charge in [-0.2, -0.15) is 5.10 Å². The first-order chi connectivity index (χ1) is 13.5. The van der Waals surface area contributed by atoms with Crippen molar-refractivity contribution in [2.24, 2.45) is 0 Å². The van der Waals surface area contributed by atoms with E-state index in [-0.39, 0.29) is 10.8 Å². The molecular formula is C17H10ClF2N5O2S. The molecule has 0 saturated heterocycles. The quantitative estimate of drug-likeness (QED) is 0.499. The Hall–Kier alpha value is -3.11. The zero-order valence-electron chi connectivity index (χ0n) is 13.8. The third-order valence-corrected chi connectivity index (χ3v) is 4.73. The van der Waals surface area contributed by atoms with E-state index in [1.807, 2.05) is 0 Å². The van der Waals surface area contributed by atoms with Gasteiger partial charge in [-0.25, -0.2) is 13.5 Å². The van der Waals surface area contributed by atoms with E-state index in [4.69, 9.17) is 16.0 Å². The summed E-state index contributed by atoms with van der Waals surface area (Å²) in [6.07, 6.45) is -1.25. The van der Waals surface area contributed by atoms with Gasteiger partial charge in [0.2, 0.25) is 5.13 Å². The number of halogens is 3. The van der Waals surface area contributed by atoms with Gasteiger partial charge in [-0.3, -0.25) is 10.1 Å². The van der Waals surface area contributed by atoms with Crippen molar-refractivity contribution in [1.29, 1.82) is 0 Å². The van der Waals surface area contributed by atoms with Gasteiger partial charge in [0.1, 0.15) is 5.69 Å². The maximum Gasteiger partial charge on any atom is 0.291 e. The first kappa shape index (κ1) is 18.3. The summed E-state index contributed by atoms with van der Waals surface area (Å²) in [7, 11) is 0. The second-order valence-electron chi connectivity index (χ2n) is 5.48. The average molecular weight is 422 g/mol. The molecule has 0 spiro atoms. The second kappa shape index (κ2) is 7.49. The molecule has 0 bridgehead atoms. The number of rotatable bonds is 5. The second-order valence-corrected chi connectivity index (χ2v) is 6.93. The van der Waals surface area contributed by atoms with E-state index in [1.165, 1.54) is 17.0 Å². The number of benzene rings is 1. The van der Waals surface area contributed by atoms with Crippen molar-refractivity contribution in [3.8, 4) is 17.1 Å². The Kier molecular flexibility index (Phi) is 4.88. The van der Waals surface area contributed by atoms with Crippen LogP contribution in [0.2, 0.25) is 5.02 Å². The highest BCUT2D eigenvalue weighted by molar-refractivity contribution is 7.15. The molecule has 0 atom stereocenters. The standard InChI is InChI=1S/C17H10ClF2N5O2S/c18-9-3-5-10(6-4-9)25-12(13-2-1-7-27-13)8-11(24-25)15(26)21-17-23-22-16(28-17)14(19)20/h1-8,14H,(H,21,23,26). The van der Waals surface area contributed by atoms with Crippen molar-refractivity contribution in [3.05, 3.63) is 64.5 Å². The van der Waals surface area contributed by atoms with E-state index >= 15 is 0 Å². The summed E-state index contributed by atoms with van der Waals surface area (Å²) in [6, 6.07) is 11.8.